The van der Waals surface area contributed by atoms with Crippen molar-refractivity contribution in [3.8, 4) is 0 Å². The highest BCUT2D eigenvalue weighted by Crippen LogP contribution is 2.34. The predicted octanol–water partition coefficient (Wildman–Crippen LogP) is 4.52. The molecule has 1 aromatic carbocycles. The van der Waals surface area contributed by atoms with Crippen molar-refractivity contribution in [2.24, 2.45) is 0 Å². The van der Waals surface area contributed by atoms with E-state index in [0.717, 1.165) is 11.4 Å². The highest BCUT2D eigenvalue weighted by atomic mass is 35.5. The molecule has 0 fully saturated rings. The summed E-state index contributed by atoms with van der Waals surface area (Å²) in [5.41, 5.74) is 3.88. The summed E-state index contributed by atoms with van der Waals surface area (Å²) in [7, 11) is 1.99. The summed E-state index contributed by atoms with van der Waals surface area (Å²) in [5, 5.41) is 6.41. The maximum Gasteiger partial charge on any atom is 0.0590 e. The van der Waals surface area contributed by atoms with Crippen molar-refractivity contribution < 1.29 is 0 Å². The first kappa shape index (κ1) is 13.6. The molecule has 1 unspecified atom stereocenters. The number of hydrogen-bond donors (Lipinski definition) is 1. The Kier molecular flexibility index (Phi) is 4.44. The van der Waals surface area contributed by atoms with Gasteiger partial charge in [-0.3, -0.25) is 0 Å². The lowest BCUT2D eigenvalue weighted by Gasteiger charge is -2.17. The Morgan fingerprint density at radius 3 is 2.50 bits per heavy atom. The molecule has 0 aliphatic rings. The molecule has 0 aliphatic heterocycles. The van der Waals surface area contributed by atoms with Gasteiger partial charge in [-0.1, -0.05) is 35.9 Å². The summed E-state index contributed by atoms with van der Waals surface area (Å²) in [6, 6.07) is 8.81. The third-order valence-corrected chi connectivity index (χ3v) is 5.10. The van der Waals surface area contributed by atoms with Crippen LogP contribution in [0, 0.1) is 13.8 Å². The molecule has 0 spiro atoms. The average molecular weight is 280 g/mol. The number of halogens is 1. The van der Waals surface area contributed by atoms with Gasteiger partial charge in [0.1, 0.15) is 0 Å². The normalized spacial score (nSPS) is 12.7. The van der Waals surface area contributed by atoms with E-state index in [4.69, 9.17) is 11.6 Å². The van der Waals surface area contributed by atoms with E-state index in [1.807, 2.05) is 7.05 Å². The highest BCUT2D eigenvalue weighted by Gasteiger charge is 2.17. The van der Waals surface area contributed by atoms with Crippen LogP contribution in [0.3, 0.4) is 0 Å². The second-order valence-electron chi connectivity index (χ2n) is 4.57. The molecule has 96 valence electrons. The second kappa shape index (κ2) is 5.87. The number of hydrogen-bond acceptors (Lipinski definition) is 2. The maximum atomic E-state index is 6.36. The Bertz CT molecular complexity index is 533. The van der Waals surface area contributed by atoms with Crippen LogP contribution < -0.4 is 5.32 Å². The molecule has 1 aromatic heterocycles. The van der Waals surface area contributed by atoms with E-state index < -0.39 is 0 Å². The molecule has 1 nitrogen and oxygen atoms in total. The summed E-state index contributed by atoms with van der Waals surface area (Å²) < 4.78 is 0. The largest absolute Gasteiger partial charge is 0.312 e. The molecular formula is C15H18ClNS. The fourth-order valence-corrected chi connectivity index (χ4v) is 3.51. The molecule has 0 aliphatic carbocycles. The van der Waals surface area contributed by atoms with E-state index in [0.29, 0.717) is 0 Å². The van der Waals surface area contributed by atoms with E-state index in [-0.39, 0.29) is 6.04 Å². The SMILES string of the molecule is CNC(Cc1ccccc1C)c1scc(C)c1Cl. The van der Waals surface area contributed by atoms with Crippen molar-refractivity contribution in [3.63, 3.8) is 0 Å². The molecule has 2 aromatic rings. The van der Waals surface area contributed by atoms with E-state index in [9.17, 15) is 0 Å². The lowest BCUT2D eigenvalue weighted by atomic mass is 10.00. The monoisotopic (exact) mass is 279 g/mol. The van der Waals surface area contributed by atoms with Gasteiger partial charge in [-0.2, -0.15) is 0 Å². The summed E-state index contributed by atoms with van der Waals surface area (Å²) in [5.74, 6) is 0. The van der Waals surface area contributed by atoms with Gasteiger partial charge in [0.05, 0.1) is 5.02 Å². The molecule has 1 atom stereocenters. The van der Waals surface area contributed by atoms with Gasteiger partial charge in [-0.05, 0) is 49.4 Å². The predicted molar refractivity (Wildman–Crippen MR) is 80.7 cm³/mol. The van der Waals surface area contributed by atoms with Crippen molar-refractivity contribution in [2.75, 3.05) is 7.05 Å². The van der Waals surface area contributed by atoms with Crippen LogP contribution in [-0.4, -0.2) is 7.05 Å². The van der Waals surface area contributed by atoms with E-state index in [1.165, 1.54) is 21.6 Å². The Labute approximate surface area is 118 Å². The first-order chi connectivity index (χ1) is 8.63. The molecule has 0 saturated heterocycles. The van der Waals surface area contributed by atoms with Gasteiger partial charge in [0.25, 0.3) is 0 Å². The lowest BCUT2D eigenvalue weighted by Crippen LogP contribution is -2.18. The number of thiophene rings is 1. The van der Waals surface area contributed by atoms with Crippen molar-refractivity contribution >= 4 is 22.9 Å². The molecule has 0 saturated carbocycles. The van der Waals surface area contributed by atoms with Crippen LogP contribution in [0.1, 0.15) is 27.6 Å². The second-order valence-corrected chi connectivity index (χ2v) is 5.86. The summed E-state index contributed by atoms with van der Waals surface area (Å²) in [6.07, 6.45) is 0.975. The van der Waals surface area contributed by atoms with Crippen LogP contribution in [0.5, 0.6) is 0 Å². The number of benzene rings is 1. The Morgan fingerprint density at radius 1 is 1.22 bits per heavy atom. The van der Waals surface area contributed by atoms with Crippen LogP contribution in [0.15, 0.2) is 29.6 Å². The van der Waals surface area contributed by atoms with Crippen molar-refractivity contribution in [1.29, 1.82) is 0 Å². The molecule has 0 bridgehead atoms. The Morgan fingerprint density at radius 2 is 1.94 bits per heavy atom. The minimum Gasteiger partial charge on any atom is -0.312 e. The number of likely N-dealkylation sites (N-methyl/N-ethyl adjacent to an activating group) is 1. The van der Waals surface area contributed by atoms with Crippen LogP contribution >= 0.6 is 22.9 Å². The molecule has 2 rings (SSSR count). The summed E-state index contributed by atoms with van der Waals surface area (Å²) in [6.45, 7) is 4.21. The third-order valence-electron chi connectivity index (χ3n) is 3.28. The third kappa shape index (κ3) is 2.77. The van der Waals surface area contributed by atoms with Gasteiger partial charge in [-0.25, -0.2) is 0 Å². The number of aryl methyl sites for hydroxylation is 2. The van der Waals surface area contributed by atoms with Crippen LogP contribution in [-0.2, 0) is 6.42 Å². The van der Waals surface area contributed by atoms with Crippen molar-refractivity contribution in [3.05, 3.63) is 56.2 Å². The molecule has 0 amide bonds. The standard InChI is InChI=1S/C15H18ClNS/c1-10-6-4-5-7-12(10)8-13(17-3)15-14(16)11(2)9-18-15/h4-7,9,13,17H,8H2,1-3H3. The highest BCUT2D eigenvalue weighted by molar-refractivity contribution is 7.10. The molecule has 18 heavy (non-hydrogen) atoms. The van der Waals surface area contributed by atoms with E-state index in [1.54, 1.807) is 11.3 Å². The van der Waals surface area contributed by atoms with E-state index in [2.05, 4.69) is 48.8 Å². The molecular weight excluding hydrogens is 262 g/mol. The lowest BCUT2D eigenvalue weighted by molar-refractivity contribution is 0.600. The molecule has 0 radical (unpaired) electrons. The van der Waals surface area contributed by atoms with Gasteiger partial charge in [-0.15, -0.1) is 11.3 Å². The minimum absolute atomic E-state index is 0.289. The fourth-order valence-electron chi connectivity index (χ4n) is 2.07. The molecule has 1 N–H and O–H groups in total. The van der Waals surface area contributed by atoms with Gasteiger partial charge in [0.2, 0.25) is 0 Å². The zero-order valence-corrected chi connectivity index (χ0v) is 12.5. The topological polar surface area (TPSA) is 12.0 Å². The average Bonchev–Trinajstić information content (AvgIpc) is 2.70. The maximum absolute atomic E-state index is 6.36. The molecule has 1 heterocycles. The first-order valence-corrected chi connectivity index (χ1v) is 7.34. The van der Waals surface area contributed by atoms with Gasteiger partial charge < -0.3 is 5.32 Å². The first-order valence-electron chi connectivity index (χ1n) is 6.08. The summed E-state index contributed by atoms with van der Waals surface area (Å²) in [4.78, 5) is 1.24. The van der Waals surface area contributed by atoms with Crippen molar-refractivity contribution in [2.45, 2.75) is 26.3 Å². The molecule has 3 heteroatoms. The Hall–Kier alpha value is -0.830. The zero-order valence-electron chi connectivity index (χ0n) is 11.0. The minimum atomic E-state index is 0.289. The summed E-state index contributed by atoms with van der Waals surface area (Å²) >= 11 is 8.10. The quantitative estimate of drug-likeness (QED) is 0.868. The zero-order chi connectivity index (χ0) is 13.1. The smallest absolute Gasteiger partial charge is 0.0590 e. The van der Waals surface area contributed by atoms with Gasteiger partial charge in [0, 0.05) is 10.9 Å². The van der Waals surface area contributed by atoms with Gasteiger partial charge in [0.15, 0.2) is 0 Å². The van der Waals surface area contributed by atoms with Crippen LogP contribution in [0.2, 0.25) is 5.02 Å². The van der Waals surface area contributed by atoms with Gasteiger partial charge >= 0.3 is 0 Å². The Balaban J connectivity index is 2.25. The number of rotatable bonds is 4. The fraction of sp³-hybridized carbons (Fsp3) is 0.333. The van der Waals surface area contributed by atoms with E-state index >= 15 is 0 Å². The van der Waals surface area contributed by atoms with Crippen LogP contribution in [0.4, 0.5) is 0 Å². The number of nitrogens with one attached hydrogen (secondary N) is 1. The van der Waals surface area contributed by atoms with Crippen LogP contribution in [0.25, 0.3) is 0 Å². The van der Waals surface area contributed by atoms with Crippen molar-refractivity contribution in [1.82, 2.24) is 5.32 Å².